The lowest BCUT2D eigenvalue weighted by Gasteiger charge is -2.10. The second kappa shape index (κ2) is 8.52. The Morgan fingerprint density at radius 2 is 1.84 bits per heavy atom. The van der Waals surface area contributed by atoms with Crippen molar-refractivity contribution in [3.63, 3.8) is 0 Å². The van der Waals surface area contributed by atoms with Crippen LogP contribution in [0.2, 0.25) is 0 Å². The maximum absolute atomic E-state index is 12.4. The zero-order valence-electron chi connectivity index (χ0n) is 17.6. The van der Waals surface area contributed by atoms with E-state index in [1.54, 1.807) is 12.5 Å². The first kappa shape index (κ1) is 21.1. The zero-order chi connectivity index (χ0) is 22.1. The molecular weight excluding hydrogens is 432 g/mol. The number of carbonyl (C=O) groups excluding carboxylic acids is 1. The number of carbonyl (C=O) groups is 1. The van der Waals surface area contributed by atoms with Gasteiger partial charge >= 0.3 is 4.87 Å². The molecule has 0 saturated heterocycles. The predicted molar refractivity (Wildman–Crippen MR) is 125 cm³/mol. The largest absolute Gasteiger partial charge is 0.497 e. The van der Waals surface area contributed by atoms with Crippen LogP contribution in [0.5, 0.6) is 5.75 Å². The van der Waals surface area contributed by atoms with Crippen molar-refractivity contribution in [2.75, 3.05) is 12.4 Å². The lowest BCUT2D eigenvalue weighted by molar-refractivity contribution is -0.116. The Morgan fingerprint density at radius 3 is 2.48 bits per heavy atom. The average Bonchev–Trinajstić information content (AvgIpc) is 3.42. The minimum atomic E-state index is -0.270. The van der Waals surface area contributed by atoms with Crippen LogP contribution in [-0.4, -0.2) is 27.1 Å². The average molecular weight is 455 g/mol. The summed E-state index contributed by atoms with van der Waals surface area (Å²) in [6.45, 7) is 5.90. The maximum Gasteiger partial charge on any atom is 0.307 e. The number of rotatable bonds is 6. The van der Waals surface area contributed by atoms with Gasteiger partial charge in [-0.2, -0.15) is 0 Å². The molecule has 0 aliphatic carbocycles. The van der Waals surface area contributed by atoms with Gasteiger partial charge in [-0.15, -0.1) is 11.3 Å². The van der Waals surface area contributed by atoms with E-state index in [0.29, 0.717) is 5.13 Å². The molecule has 0 aliphatic heterocycles. The van der Waals surface area contributed by atoms with Crippen LogP contribution in [0.4, 0.5) is 5.13 Å². The lowest BCUT2D eigenvalue weighted by atomic mass is 10.2. The second-order valence-corrected chi connectivity index (χ2v) is 8.81. The number of nitrogens with one attached hydrogen (secondary N) is 1. The van der Waals surface area contributed by atoms with Gasteiger partial charge in [-0.3, -0.25) is 14.2 Å². The Balaban J connectivity index is 1.55. The van der Waals surface area contributed by atoms with E-state index in [9.17, 15) is 9.59 Å². The SMILES string of the molecule is COc1ccc(-n2c(C)cc(-c3csc(NC(=O)Cn4c(C)csc4=O)n3)c2C)cc1. The Hall–Kier alpha value is -3.17. The Labute approximate surface area is 187 Å². The van der Waals surface area contributed by atoms with Crippen molar-refractivity contribution in [2.24, 2.45) is 0 Å². The number of anilines is 1. The minimum absolute atomic E-state index is 0.0188. The van der Waals surface area contributed by atoms with E-state index in [1.807, 2.05) is 36.6 Å². The minimum Gasteiger partial charge on any atom is -0.497 e. The molecule has 1 aromatic carbocycles. The van der Waals surface area contributed by atoms with Gasteiger partial charge < -0.3 is 14.6 Å². The van der Waals surface area contributed by atoms with Crippen molar-refractivity contribution in [3.05, 3.63) is 67.8 Å². The first-order valence-electron chi connectivity index (χ1n) is 9.61. The summed E-state index contributed by atoms with van der Waals surface area (Å²) < 4.78 is 8.87. The quantitative estimate of drug-likeness (QED) is 0.469. The third-order valence-electron chi connectivity index (χ3n) is 5.07. The molecular formula is C22H22N4O3S2. The highest BCUT2D eigenvalue weighted by molar-refractivity contribution is 7.14. The molecule has 7 nitrogen and oxygen atoms in total. The van der Waals surface area contributed by atoms with Crippen LogP contribution >= 0.6 is 22.7 Å². The third-order valence-corrected chi connectivity index (χ3v) is 6.71. The van der Waals surface area contributed by atoms with Crippen LogP contribution in [0.25, 0.3) is 16.9 Å². The third kappa shape index (κ3) is 4.19. The van der Waals surface area contributed by atoms with E-state index in [4.69, 9.17) is 4.74 Å². The molecule has 4 rings (SSSR count). The highest BCUT2D eigenvalue weighted by Gasteiger charge is 2.16. The van der Waals surface area contributed by atoms with Gasteiger partial charge in [-0.25, -0.2) is 4.98 Å². The standard InChI is InChI=1S/C22H22N4O3S2/c1-13-9-18(15(3)26(13)16-5-7-17(29-4)8-6-16)19-12-30-21(23-19)24-20(27)10-25-14(2)11-31-22(25)28/h5-9,11-12H,10H2,1-4H3,(H,23,24,27). The zero-order valence-corrected chi connectivity index (χ0v) is 19.3. The number of aromatic nitrogens is 3. The maximum atomic E-state index is 12.4. The highest BCUT2D eigenvalue weighted by Crippen LogP contribution is 2.32. The van der Waals surface area contributed by atoms with Crippen molar-refractivity contribution in [1.82, 2.24) is 14.1 Å². The van der Waals surface area contributed by atoms with E-state index in [2.05, 4.69) is 34.8 Å². The van der Waals surface area contributed by atoms with Crippen LogP contribution in [0.3, 0.4) is 0 Å². The van der Waals surface area contributed by atoms with E-state index >= 15 is 0 Å². The Kier molecular flexibility index (Phi) is 5.79. The molecule has 0 bridgehead atoms. The normalized spacial score (nSPS) is 11.0. The molecule has 0 spiro atoms. The fourth-order valence-corrected chi connectivity index (χ4v) is 4.97. The number of thiazole rings is 2. The lowest BCUT2D eigenvalue weighted by Crippen LogP contribution is -2.25. The molecule has 4 aromatic rings. The Morgan fingerprint density at radius 1 is 1.10 bits per heavy atom. The molecule has 0 fully saturated rings. The van der Waals surface area contributed by atoms with Crippen LogP contribution < -0.4 is 14.9 Å². The summed E-state index contributed by atoms with van der Waals surface area (Å²) in [6, 6.07) is 10.00. The topological polar surface area (TPSA) is 78.1 Å². The van der Waals surface area contributed by atoms with Gasteiger partial charge in [0.25, 0.3) is 0 Å². The molecule has 1 N–H and O–H groups in total. The van der Waals surface area contributed by atoms with E-state index in [0.717, 1.165) is 51.1 Å². The molecule has 3 heterocycles. The van der Waals surface area contributed by atoms with Crippen molar-refractivity contribution < 1.29 is 9.53 Å². The molecule has 31 heavy (non-hydrogen) atoms. The van der Waals surface area contributed by atoms with Crippen LogP contribution in [0.15, 0.2) is 45.9 Å². The number of benzene rings is 1. The summed E-state index contributed by atoms with van der Waals surface area (Å²) >= 11 is 2.46. The number of nitrogens with zero attached hydrogens (tertiary/aromatic N) is 3. The smallest absolute Gasteiger partial charge is 0.307 e. The van der Waals surface area contributed by atoms with Crippen LogP contribution in [0.1, 0.15) is 17.1 Å². The summed E-state index contributed by atoms with van der Waals surface area (Å²) in [5, 5.41) is 6.99. The number of hydrogen-bond acceptors (Lipinski definition) is 6. The fraction of sp³-hybridized carbons (Fsp3) is 0.227. The number of methoxy groups -OCH3 is 1. The van der Waals surface area contributed by atoms with E-state index < -0.39 is 0 Å². The van der Waals surface area contributed by atoms with Gasteiger partial charge in [0, 0.05) is 39.1 Å². The summed E-state index contributed by atoms with van der Waals surface area (Å²) in [4.78, 5) is 28.7. The summed E-state index contributed by atoms with van der Waals surface area (Å²) in [5.74, 6) is 0.541. The monoisotopic (exact) mass is 454 g/mol. The first-order valence-corrected chi connectivity index (χ1v) is 11.4. The summed E-state index contributed by atoms with van der Waals surface area (Å²) in [5.41, 5.74) is 5.78. The van der Waals surface area contributed by atoms with E-state index in [1.165, 1.54) is 15.9 Å². The van der Waals surface area contributed by atoms with Gasteiger partial charge in [0.1, 0.15) is 12.3 Å². The van der Waals surface area contributed by atoms with Crippen LogP contribution in [-0.2, 0) is 11.3 Å². The van der Waals surface area contributed by atoms with Crippen molar-refractivity contribution in [2.45, 2.75) is 27.3 Å². The molecule has 3 aromatic heterocycles. The predicted octanol–water partition coefficient (Wildman–Crippen LogP) is 4.40. The molecule has 1 amide bonds. The van der Waals surface area contributed by atoms with Crippen molar-refractivity contribution >= 4 is 33.7 Å². The number of hydrogen-bond donors (Lipinski definition) is 1. The van der Waals surface area contributed by atoms with Crippen LogP contribution in [0, 0.1) is 20.8 Å². The molecule has 0 aliphatic rings. The molecule has 0 unspecified atom stereocenters. The number of amides is 1. The van der Waals surface area contributed by atoms with Crippen molar-refractivity contribution in [3.8, 4) is 22.7 Å². The van der Waals surface area contributed by atoms with Crippen molar-refractivity contribution in [1.29, 1.82) is 0 Å². The molecule has 0 atom stereocenters. The summed E-state index contributed by atoms with van der Waals surface area (Å²) in [6.07, 6.45) is 0. The van der Waals surface area contributed by atoms with Gasteiger partial charge in [0.2, 0.25) is 5.91 Å². The van der Waals surface area contributed by atoms with Gasteiger partial charge in [0.15, 0.2) is 5.13 Å². The summed E-state index contributed by atoms with van der Waals surface area (Å²) in [7, 11) is 1.65. The van der Waals surface area contributed by atoms with Gasteiger partial charge in [-0.1, -0.05) is 11.3 Å². The van der Waals surface area contributed by atoms with Gasteiger partial charge in [-0.05, 0) is 51.1 Å². The van der Waals surface area contributed by atoms with Gasteiger partial charge in [0.05, 0.1) is 12.8 Å². The second-order valence-electron chi connectivity index (χ2n) is 7.13. The highest BCUT2D eigenvalue weighted by atomic mass is 32.1. The molecule has 0 saturated carbocycles. The van der Waals surface area contributed by atoms with E-state index in [-0.39, 0.29) is 17.3 Å². The number of ether oxygens (including phenoxy) is 1. The molecule has 9 heteroatoms. The fourth-order valence-electron chi connectivity index (χ4n) is 3.50. The number of aryl methyl sites for hydroxylation is 2. The first-order chi connectivity index (χ1) is 14.9. The molecule has 160 valence electrons. The molecule has 0 radical (unpaired) electrons. The Bertz CT molecular complexity index is 1300.